The lowest BCUT2D eigenvalue weighted by molar-refractivity contribution is 0.330. The highest BCUT2D eigenvalue weighted by Gasteiger charge is 2.09. The molecule has 0 radical (unpaired) electrons. The molecule has 6 heteroatoms. The van der Waals surface area contributed by atoms with Crippen molar-refractivity contribution in [1.82, 2.24) is 14.9 Å². The third kappa shape index (κ3) is 6.90. The van der Waals surface area contributed by atoms with Gasteiger partial charge in [0.15, 0.2) is 0 Å². The van der Waals surface area contributed by atoms with E-state index >= 15 is 0 Å². The standard InChI is InChI=1S/C30H35N5O/c1-35(19-3-15-31)20-4-16-33-27-21-29(34-30(22-27)26-9-11-28(36-2)12-10-26)25-7-5-23(6-8-25)24-13-17-32-18-14-24/h5-14,17-18,21-22H,3-4,15-16,19-20,31H2,1-2H3,(H,33,34). The van der Waals surface area contributed by atoms with Crippen LogP contribution in [0, 0.1) is 0 Å². The Hall–Kier alpha value is -3.74. The van der Waals surface area contributed by atoms with Gasteiger partial charge in [-0.2, -0.15) is 0 Å². The largest absolute Gasteiger partial charge is 0.497 e. The Bertz CT molecular complexity index is 1210. The molecule has 3 N–H and O–H groups in total. The Balaban J connectivity index is 1.56. The zero-order valence-corrected chi connectivity index (χ0v) is 21.2. The molecule has 0 saturated heterocycles. The maximum Gasteiger partial charge on any atom is 0.118 e. The summed E-state index contributed by atoms with van der Waals surface area (Å²) in [6.45, 7) is 3.69. The monoisotopic (exact) mass is 481 g/mol. The van der Waals surface area contributed by atoms with Gasteiger partial charge in [0.05, 0.1) is 18.5 Å². The van der Waals surface area contributed by atoms with Crippen molar-refractivity contribution in [2.24, 2.45) is 5.73 Å². The number of methoxy groups -OCH3 is 1. The fraction of sp³-hybridized carbons (Fsp3) is 0.267. The summed E-state index contributed by atoms with van der Waals surface area (Å²) in [5, 5.41) is 3.61. The molecule has 0 amide bonds. The SMILES string of the molecule is COc1ccc(-c2cc(NCCCN(C)CCCN)cc(-c3ccc(-c4ccncc4)cc3)n2)cc1. The molecule has 6 nitrogen and oxygen atoms in total. The van der Waals surface area contributed by atoms with Crippen molar-refractivity contribution < 1.29 is 4.74 Å². The molecule has 0 aliphatic carbocycles. The van der Waals surface area contributed by atoms with Gasteiger partial charge >= 0.3 is 0 Å². The van der Waals surface area contributed by atoms with Crippen molar-refractivity contribution >= 4 is 5.69 Å². The highest BCUT2D eigenvalue weighted by atomic mass is 16.5. The number of hydrogen-bond donors (Lipinski definition) is 2. The summed E-state index contributed by atoms with van der Waals surface area (Å²) >= 11 is 0. The van der Waals surface area contributed by atoms with E-state index in [0.29, 0.717) is 0 Å². The van der Waals surface area contributed by atoms with Crippen molar-refractivity contribution in [3.63, 3.8) is 0 Å². The number of nitrogens with one attached hydrogen (secondary N) is 1. The molecule has 2 aromatic heterocycles. The van der Waals surface area contributed by atoms with Gasteiger partial charge in [-0.3, -0.25) is 4.98 Å². The number of nitrogens with zero attached hydrogens (tertiary/aromatic N) is 3. The quantitative estimate of drug-likeness (QED) is 0.258. The Morgan fingerprint density at radius 2 is 1.33 bits per heavy atom. The van der Waals surface area contributed by atoms with Crippen LogP contribution in [0.15, 0.2) is 85.2 Å². The van der Waals surface area contributed by atoms with E-state index in [0.717, 1.165) is 84.1 Å². The number of pyridine rings is 2. The second kappa shape index (κ2) is 12.8. The lowest BCUT2D eigenvalue weighted by Crippen LogP contribution is -2.24. The molecule has 0 atom stereocenters. The van der Waals surface area contributed by atoms with Crippen LogP contribution in [0.1, 0.15) is 12.8 Å². The molecule has 4 aromatic rings. The van der Waals surface area contributed by atoms with E-state index in [4.69, 9.17) is 15.5 Å². The van der Waals surface area contributed by atoms with Crippen LogP contribution in [-0.4, -0.2) is 55.2 Å². The first-order valence-electron chi connectivity index (χ1n) is 12.5. The molecule has 186 valence electrons. The third-order valence-electron chi connectivity index (χ3n) is 6.20. The minimum atomic E-state index is 0.736. The Morgan fingerprint density at radius 3 is 1.94 bits per heavy atom. The van der Waals surface area contributed by atoms with Gasteiger partial charge in [0, 0.05) is 35.8 Å². The number of nitrogens with two attached hydrogens (primary N) is 1. The van der Waals surface area contributed by atoms with Gasteiger partial charge in [0.2, 0.25) is 0 Å². The smallest absolute Gasteiger partial charge is 0.118 e. The average molecular weight is 482 g/mol. The van der Waals surface area contributed by atoms with E-state index in [1.807, 2.05) is 48.8 Å². The zero-order valence-electron chi connectivity index (χ0n) is 21.2. The highest BCUT2D eigenvalue weighted by Crippen LogP contribution is 2.30. The van der Waals surface area contributed by atoms with Crippen molar-refractivity contribution in [3.8, 4) is 39.4 Å². The summed E-state index contributed by atoms with van der Waals surface area (Å²) in [4.78, 5) is 11.5. The molecule has 2 aromatic carbocycles. The molecule has 4 rings (SSSR count). The molecule has 0 fully saturated rings. The van der Waals surface area contributed by atoms with E-state index in [1.54, 1.807) is 7.11 Å². The van der Waals surface area contributed by atoms with Gasteiger partial charge in [-0.25, -0.2) is 4.98 Å². The van der Waals surface area contributed by atoms with Gasteiger partial charge in [-0.05, 0) is 99.2 Å². The van der Waals surface area contributed by atoms with Crippen molar-refractivity contribution in [2.45, 2.75) is 12.8 Å². The fourth-order valence-corrected chi connectivity index (χ4v) is 4.12. The Labute approximate surface area is 214 Å². The van der Waals surface area contributed by atoms with Gasteiger partial charge in [0.25, 0.3) is 0 Å². The lowest BCUT2D eigenvalue weighted by atomic mass is 10.0. The predicted molar refractivity (Wildman–Crippen MR) is 149 cm³/mol. The zero-order chi connectivity index (χ0) is 25.2. The van der Waals surface area contributed by atoms with E-state index in [1.165, 1.54) is 0 Å². The number of aromatic nitrogens is 2. The first kappa shape index (κ1) is 25.4. The van der Waals surface area contributed by atoms with Crippen LogP contribution in [0.3, 0.4) is 0 Å². The van der Waals surface area contributed by atoms with Crippen LogP contribution >= 0.6 is 0 Å². The number of rotatable bonds is 12. The van der Waals surface area contributed by atoms with Crippen molar-refractivity contribution in [2.75, 3.05) is 45.7 Å². The van der Waals surface area contributed by atoms with Crippen molar-refractivity contribution in [1.29, 1.82) is 0 Å². The minimum absolute atomic E-state index is 0.736. The molecule has 0 saturated carbocycles. The van der Waals surface area contributed by atoms with E-state index in [9.17, 15) is 0 Å². The van der Waals surface area contributed by atoms with E-state index < -0.39 is 0 Å². The fourth-order valence-electron chi connectivity index (χ4n) is 4.12. The van der Waals surface area contributed by atoms with Crippen molar-refractivity contribution in [3.05, 3.63) is 85.2 Å². The summed E-state index contributed by atoms with van der Waals surface area (Å²) in [6.07, 6.45) is 5.72. The summed E-state index contributed by atoms with van der Waals surface area (Å²) in [5.41, 5.74) is 13.0. The summed E-state index contributed by atoms with van der Waals surface area (Å²) in [5.74, 6) is 0.832. The second-order valence-electron chi connectivity index (χ2n) is 8.89. The van der Waals surface area contributed by atoms with E-state index in [-0.39, 0.29) is 0 Å². The predicted octanol–water partition coefficient (Wildman–Crippen LogP) is 5.57. The van der Waals surface area contributed by atoms with Gasteiger partial charge in [-0.15, -0.1) is 0 Å². The molecule has 0 aliphatic rings. The molecule has 2 heterocycles. The topological polar surface area (TPSA) is 76.3 Å². The summed E-state index contributed by atoms with van der Waals surface area (Å²) < 4.78 is 5.33. The molecule has 0 unspecified atom stereocenters. The third-order valence-corrected chi connectivity index (χ3v) is 6.20. The number of hydrogen-bond acceptors (Lipinski definition) is 6. The number of anilines is 1. The van der Waals surface area contributed by atoms with Gasteiger partial charge < -0.3 is 20.7 Å². The average Bonchev–Trinajstić information content (AvgIpc) is 2.94. The maximum absolute atomic E-state index is 5.63. The molecule has 36 heavy (non-hydrogen) atoms. The first-order chi connectivity index (χ1) is 17.7. The first-order valence-corrected chi connectivity index (χ1v) is 12.5. The number of benzene rings is 2. The van der Waals surface area contributed by atoms with Crippen LogP contribution in [0.5, 0.6) is 5.75 Å². The number of ether oxygens (including phenoxy) is 1. The lowest BCUT2D eigenvalue weighted by Gasteiger charge is -2.17. The van der Waals surface area contributed by atoms with Crippen LogP contribution in [0.25, 0.3) is 33.6 Å². The summed E-state index contributed by atoms with van der Waals surface area (Å²) in [7, 11) is 3.83. The Kier molecular flexibility index (Phi) is 9.03. The van der Waals surface area contributed by atoms with Crippen LogP contribution in [0.2, 0.25) is 0 Å². The second-order valence-corrected chi connectivity index (χ2v) is 8.89. The highest BCUT2D eigenvalue weighted by molar-refractivity contribution is 5.74. The molecule has 0 bridgehead atoms. The van der Waals surface area contributed by atoms with Crippen LogP contribution < -0.4 is 15.8 Å². The maximum atomic E-state index is 5.63. The molecular formula is C30H35N5O. The Morgan fingerprint density at radius 1 is 0.778 bits per heavy atom. The van der Waals surface area contributed by atoms with E-state index in [2.05, 4.69) is 58.6 Å². The molecular weight excluding hydrogens is 446 g/mol. The minimum Gasteiger partial charge on any atom is -0.497 e. The molecule has 0 aliphatic heterocycles. The van der Waals surface area contributed by atoms with Crippen LogP contribution in [0.4, 0.5) is 5.69 Å². The van der Waals surface area contributed by atoms with Crippen LogP contribution in [-0.2, 0) is 0 Å². The summed E-state index contributed by atoms with van der Waals surface area (Å²) in [6, 6.07) is 24.9. The normalized spacial score (nSPS) is 11.0. The molecule has 0 spiro atoms. The van der Waals surface area contributed by atoms with Gasteiger partial charge in [0.1, 0.15) is 5.75 Å². The van der Waals surface area contributed by atoms with Gasteiger partial charge in [-0.1, -0.05) is 24.3 Å².